The average Bonchev–Trinajstić information content (AvgIpc) is 2.40. The summed E-state index contributed by atoms with van der Waals surface area (Å²) in [5.41, 5.74) is 0.537. The Morgan fingerprint density at radius 1 is 1.14 bits per heavy atom. The summed E-state index contributed by atoms with van der Waals surface area (Å²) in [4.78, 5) is 3.57. The van der Waals surface area contributed by atoms with Crippen LogP contribution in [0.3, 0.4) is 0 Å². The predicted octanol–water partition coefficient (Wildman–Crippen LogP) is 0.838. The van der Waals surface area contributed by atoms with E-state index >= 15 is 0 Å². The Bertz CT molecular complexity index is 863. The fraction of sp³-hybridized carbons (Fsp3) is 0.0833. The summed E-state index contributed by atoms with van der Waals surface area (Å²) in [6.07, 6.45) is 2.64. The monoisotopic (exact) mass is 327 g/mol. The second-order valence-corrected chi connectivity index (χ2v) is 7.53. The number of hydrogen-bond donors (Lipinski definition) is 2. The quantitative estimate of drug-likeness (QED) is 0.862. The molecular formula is C12H13N3O4S2. The van der Waals surface area contributed by atoms with Crippen LogP contribution >= 0.6 is 0 Å². The van der Waals surface area contributed by atoms with E-state index in [0.717, 1.165) is 0 Å². The molecule has 0 amide bonds. The van der Waals surface area contributed by atoms with Gasteiger partial charge >= 0.3 is 0 Å². The highest BCUT2D eigenvalue weighted by Crippen LogP contribution is 2.21. The van der Waals surface area contributed by atoms with Gasteiger partial charge in [0.2, 0.25) is 10.0 Å². The van der Waals surface area contributed by atoms with E-state index < -0.39 is 20.0 Å². The molecule has 21 heavy (non-hydrogen) atoms. The molecule has 9 heteroatoms. The van der Waals surface area contributed by atoms with Gasteiger partial charge in [-0.2, -0.15) is 0 Å². The van der Waals surface area contributed by atoms with Gasteiger partial charge in [0.05, 0.1) is 10.6 Å². The van der Waals surface area contributed by atoms with Gasteiger partial charge in [0, 0.05) is 12.4 Å². The van der Waals surface area contributed by atoms with Crippen molar-refractivity contribution >= 4 is 25.7 Å². The maximum absolute atomic E-state index is 12.1. The van der Waals surface area contributed by atoms with Crippen molar-refractivity contribution in [2.24, 2.45) is 5.14 Å². The van der Waals surface area contributed by atoms with E-state index in [1.54, 1.807) is 6.92 Å². The molecule has 0 fully saturated rings. The number of nitrogens with zero attached hydrogens (tertiary/aromatic N) is 1. The zero-order valence-corrected chi connectivity index (χ0v) is 12.6. The molecule has 0 unspecified atom stereocenters. The molecule has 7 nitrogen and oxygen atoms in total. The maximum Gasteiger partial charge on any atom is 0.263 e. The summed E-state index contributed by atoms with van der Waals surface area (Å²) >= 11 is 0. The Morgan fingerprint density at radius 2 is 1.86 bits per heavy atom. The molecule has 0 aliphatic heterocycles. The van der Waals surface area contributed by atoms with Crippen molar-refractivity contribution in [3.05, 3.63) is 48.3 Å². The highest BCUT2D eigenvalue weighted by atomic mass is 32.2. The van der Waals surface area contributed by atoms with Crippen LogP contribution in [0, 0.1) is 6.92 Å². The molecule has 0 saturated carbocycles. The lowest BCUT2D eigenvalue weighted by molar-refractivity contribution is 0.596. The summed E-state index contributed by atoms with van der Waals surface area (Å²) in [6, 6.07) is 6.97. The van der Waals surface area contributed by atoms with E-state index in [-0.39, 0.29) is 15.5 Å². The molecule has 1 aromatic heterocycles. The number of nitrogens with two attached hydrogens (primary N) is 1. The molecule has 3 N–H and O–H groups in total. The number of aromatic nitrogens is 1. The van der Waals surface area contributed by atoms with E-state index in [4.69, 9.17) is 5.14 Å². The van der Waals surface area contributed by atoms with Crippen LogP contribution in [0.1, 0.15) is 5.56 Å². The Kier molecular flexibility index (Phi) is 3.99. The fourth-order valence-corrected chi connectivity index (χ4v) is 3.51. The number of anilines is 1. The topological polar surface area (TPSA) is 119 Å². The van der Waals surface area contributed by atoms with Gasteiger partial charge in [-0.3, -0.25) is 9.71 Å². The molecule has 112 valence electrons. The van der Waals surface area contributed by atoms with Gasteiger partial charge < -0.3 is 0 Å². The summed E-state index contributed by atoms with van der Waals surface area (Å²) < 4.78 is 49.4. The highest BCUT2D eigenvalue weighted by molar-refractivity contribution is 7.92. The molecule has 0 aliphatic rings. The first kappa shape index (κ1) is 15.4. The van der Waals surface area contributed by atoms with Crippen LogP contribution in [-0.2, 0) is 20.0 Å². The molecule has 0 radical (unpaired) electrons. The lowest BCUT2D eigenvalue weighted by Crippen LogP contribution is -2.16. The molecular weight excluding hydrogens is 314 g/mol. The summed E-state index contributed by atoms with van der Waals surface area (Å²) in [5.74, 6) is 0. The Hall–Kier alpha value is -1.97. The van der Waals surface area contributed by atoms with Gasteiger partial charge in [-0.1, -0.05) is 6.07 Å². The maximum atomic E-state index is 12.1. The van der Waals surface area contributed by atoms with Gasteiger partial charge in [-0.25, -0.2) is 22.0 Å². The Morgan fingerprint density at radius 3 is 2.43 bits per heavy atom. The summed E-state index contributed by atoms with van der Waals surface area (Å²) in [7, 11) is -7.76. The van der Waals surface area contributed by atoms with Crippen molar-refractivity contribution < 1.29 is 16.8 Å². The average molecular weight is 327 g/mol. The minimum absolute atomic E-state index is 0.0252. The number of benzene rings is 1. The number of primary sulfonamides is 1. The van der Waals surface area contributed by atoms with Crippen LogP contribution < -0.4 is 9.86 Å². The standard InChI is InChI=1S/C12H13N3O4S2/c1-9-4-5-10(7-12(9)20(13,16)17)15-21(18,19)11-3-2-6-14-8-11/h2-8,15H,1H3,(H2,13,16,17). The smallest absolute Gasteiger partial charge is 0.263 e. The van der Waals surface area contributed by atoms with Crippen molar-refractivity contribution in [1.29, 1.82) is 0 Å². The van der Waals surface area contributed by atoms with Gasteiger partial charge in [0.1, 0.15) is 4.90 Å². The number of hydrogen-bond acceptors (Lipinski definition) is 5. The van der Waals surface area contributed by atoms with E-state index in [1.807, 2.05) is 0 Å². The first-order chi connectivity index (χ1) is 9.70. The third-order valence-electron chi connectivity index (χ3n) is 2.69. The van der Waals surface area contributed by atoms with Crippen LogP contribution in [0.25, 0.3) is 0 Å². The number of rotatable bonds is 4. The van der Waals surface area contributed by atoms with Crippen molar-refractivity contribution in [3.8, 4) is 0 Å². The zero-order valence-electron chi connectivity index (χ0n) is 11.0. The normalized spacial score (nSPS) is 12.1. The summed E-state index contributed by atoms with van der Waals surface area (Å²) in [6.45, 7) is 1.57. The highest BCUT2D eigenvalue weighted by Gasteiger charge is 2.17. The summed E-state index contributed by atoms with van der Waals surface area (Å²) in [5, 5.41) is 5.09. The van der Waals surface area contributed by atoms with E-state index in [9.17, 15) is 16.8 Å². The first-order valence-electron chi connectivity index (χ1n) is 5.76. The second kappa shape index (κ2) is 5.43. The Balaban J connectivity index is 2.42. The van der Waals surface area contributed by atoms with Crippen molar-refractivity contribution in [3.63, 3.8) is 0 Å². The molecule has 0 spiro atoms. The second-order valence-electron chi connectivity index (χ2n) is 4.32. The van der Waals surface area contributed by atoms with E-state index in [1.165, 1.54) is 42.7 Å². The SMILES string of the molecule is Cc1ccc(NS(=O)(=O)c2cccnc2)cc1S(N)(=O)=O. The van der Waals surface area contributed by atoms with Crippen molar-refractivity contribution in [2.75, 3.05) is 4.72 Å². The van der Waals surface area contributed by atoms with Crippen LogP contribution in [-0.4, -0.2) is 21.8 Å². The van der Waals surface area contributed by atoms with E-state index in [2.05, 4.69) is 9.71 Å². The predicted molar refractivity (Wildman–Crippen MR) is 77.6 cm³/mol. The van der Waals surface area contributed by atoms with Gasteiger partial charge in [-0.05, 0) is 36.8 Å². The molecule has 0 aliphatic carbocycles. The number of pyridine rings is 1. The minimum atomic E-state index is -3.92. The molecule has 1 aromatic carbocycles. The zero-order chi connectivity index (χ0) is 15.7. The molecule has 0 bridgehead atoms. The fourth-order valence-electron chi connectivity index (χ4n) is 1.69. The third kappa shape index (κ3) is 3.57. The molecule has 2 rings (SSSR count). The van der Waals surface area contributed by atoms with Crippen molar-refractivity contribution in [2.45, 2.75) is 16.7 Å². The van der Waals surface area contributed by atoms with Gasteiger partial charge in [-0.15, -0.1) is 0 Å². The number of sulfonamides is 2. The van der Waals surface area contributed by atoms with Crippen molar-refractivity contribution in [1.82, 2.24) is 4.98 Å². The minimum Gasteiger partial charge on any atom is -0.280 e. The van der Waals surface area contributed by atoms with Gasteiger partial charge in [0.15, 0.2) is 0 Å². The number of aryl methyl sites for hydroxylation is 1. The van der Waals surface area contributed by atoms with Gasteiger partial charge in [0.25, 0.3) is 10.0 Å². The molecule has 0 saturated heterocycles. The lowest BCUT2D eigenvalue weighted by atomic mass is 10.2. The van der Waals surface area contributed by atoms with E-state index in [0.29, 0.717) is 5.56 Å². The first-order valence-corrected chi connectivity index (χ1v) is 8.79. The largest absolute Gasteiger partial charge is 0.280 e. The lowest BCUT2D eigenvalue weighted by Gasteiger charge is -2.10. The van der Waals surface area contributed by atoms with Crippen LogP contribution in [0.4, 0.5) is 5.69 Å². The number of nitrogens with one attached hydrogen (secondary N) is 1. The van der Waals surface area contributed by atoms with Crippen LogP contribution in [0.15, 0.2) is 52.5 Å². The molecule has 0 atom stereocenters. The Labute approximate surface area is 122 Å². The third-order valence-corrected chi connectivity index (χ3v) is 5.11. The molecule has 2 aromatic rings. The van der Waals surface area contributed by atoms with Crippen LogP contribution in [0.5, 0.6) is 0 Å². The molecule has 1 heterocycles. The van der Waals surface area contributed by atoms with Crippen LogP contribution in [0.2, 0.25) is 0 Å².